The van der Waals surface area contributed by atoms with Gasteiger partial charge >= 0.3 is 0 Å². The predicted molar refractivity (Wildman–Crippen MR) is 117 cm³/mol. The van der Waals surface area contributed by atoms with E-state index < -0.39 is 0 Å². The number of nitrogens with one attached hydrogen (secondary N) is 1. The van der Waals surface area contributed by atoms with Crippen LogP contribution in [0, 0.1) is 12.7 Å². The highest BCUT2D eigenvalue weighted by atomic mass is 35.5. The van der Waals surface area contributed by atoms with Gasteiger partial charge in [-0.3, -0.25) is 4.79 Å². The first kappa shape index (κ1) is 22.2. The summed E-state index contributed by atoms with van der Waals surface area (Å²) in [5, 5.41) is 7.42. The van der Waals surface area contributed by atoms with Crippen LogP contribution in [0.4, 0.5) is 10.1 Å². The summed E-state index contributed by atoms with van der Waals surface area (Å²) < 4.78 is 30.5. The van der Waals surface area contributed by atoms with Crippen molar-refractivity contribution >= 4 is 29.3 Å². The van der Waals surface area contributed by atoms with E-state index in [2.05, 4.69) is 10.4 Å². The van der Waals surface area contributed by atoms with E-state index in [4.69, 9.17) is 25.8 Å². The highest BCUT2D eigenvalue weighted by molar-refractivity contribution is 6.31. The summed E-state index contributed by atoms with van der Waals surface area (Å²) in [4.78, 5) is 12.5. The van der Waals surface area contributed by atoms with E-state index in [0.29, 0.717) is 45.0 Å². The molecule has 9 heteroatoms. The summed E-state index contributed by atoms with van der Waals surface area (Å²) >= 11 is 6.44. The molecule has 7 nitrogen and oxygen atoms in total. The summed E-state index contributed by atoms with van der Waals surface area (Å²) in [6, 6.07) is 9.03. The van der Waals surface area contributed by atoms with Gasteiger partial charge in [-0.15, -0.1) is 0 Å². The van der Waals surface area contributed by atoms with Gasteiger partial charge in [-0.05, 0) is 37.3 Å². The van der Waals surface area contributed by atoms with Crippen molar-refractivity contribution in [3.05, 3.63) is 64.7 Å². The van der Waals surface area contributed by atoms with Gasteiger partial charge in [0, 0.05) is 29.5 Å². The Morgan fingerprint density at radius 2 is 1.71 bits per heavy atom. The summed E-state index contributed by atoms with van der Waals surface area (Å²) in [5.41, 5.74) is 2.27. The first-order valence-corrected chi connectivity index (χ1v) is 9.55. The molecule has 0 atom stereocenters. The molecule has 0 unspecified atom stereocenters. The molecule has 31 heavy (non-hydrogen) atoms. The molecule has 1 heterocycles. The van der Waals surface area contributed by atoms with Crippen molar-refractivity contribution in [2.75, 3.05) is 26.6 Å². The zero-order valence-corrected chi connectivity index (χ0v) is 18.2. The molecule has 1 N–H and O–H groups in total. The normalized spacial score (nSPS) is 10.9. The van der Waals surface area contributed by atoms with Gasteiger partial charge in [0.25, 0.3) is 0 Å². The number of aromatic nitrogens is 2. The molecule has 0 bridgehead atoms. The molecular formula is C22H21ClFN3O4. The molecule has 3 rings (SSSR count). The second-order valence-electron chi connectivity index (χ2n) is 6.41. The quantitative estimate of drug-likeness (QED) is 0.536. The minimum atomic E-state index is -0.390. The highest BCUT2D eigenvalue weighted by Gasteiger charge is 2.15. The van der Waals surface area contributed by atoms with Crippen LogP contribution < -0.4 is 19.5 Å². The molecular weight excluding hydrogens is 425 g/mol. The Hall–Kier alpha value is -3.52. The van der Waals surface area contributed by atoms with Gasteiger partial charge in [0.15, 0.2) is 11.5 Å². The summed E-state index contributed by atoms with van der Waals surface area (Å²) in [6.45, 7) is 1.77. The SMILES string of the molecule is COc1cc(NC(=O)/C=C/c2c(C)nn(-c3ccc(F)cc3)c2Cl)cc(OC)c1OC. The molecule has 162 valence electrons. The molecule has 1 aromatic heterocycles. The lowest BCUT2D eigenvalue weighted by Crippen LogP contribution is -2.08. The van der Waals surface area contributed by atoms with Crippen LogP contribution in [-0.4, -0.2) is 37.0 Å². The van der Waals surface area contributed by atoms with Crippen LogP contribution in [0.2, 0.25) is 5.15 Å². The Balaban J connectivity index is 1.82. The van der Waals surface area contributed by atoms with Gasteiger partial charge in [-0.25, -0.2) is 9.07 Å². The van der Waals surface area contributed by atoms with Gasteiger partial charge in [0.2, 0.25) is 11.7 Å². The molecule has 0 aliphatic rings. The number of hydrogen-bond donors (Lipinski definition) is 1. The third-order valence-electron chi connectivity index (χ3n) is 4.45. The molecule has 3 aromatic rings. The number of hydrogen-bond acceptors (Lipinski definition) is 5. The minimum Gasteiger partial charge on any atom is -0.493 e. The molecule has 1 amide bonds. The number of amides is 1. The lowest BCUT2D eigenvalue weighted by molar-refractivity contribution is -0.111. The largest absolute Gasteiger partial charge is 0.493 e. The maximum absolute atomic E-state index is 13.2. The molecule has 0 saturated heterocycles. The van der Waals surface area contributed by atoms with E-state index >= 15 is 0 Å². The van der Waals surface area contributed by atoms with Gasteiger partial charge in [0.1, 0.15) is 11.0 Å². The molecule has 2 aromatic carbocycles. The van der Waals surface area contributed by atoms with Crippen molar-refractivity contribution in [2.45, 2.75) is 6.92 Å². The predicted octanol–water partition coefficient (Wildman–Crippen LogP) is 4.65. The van der Waals surface area contributed by atoms with E-state index in [-0.39, 0.29) is 11.7 Å². The number of anilines is 1. The summed E-state index contributed by atoms with van der Waals surface area (Å²) in [5.74, 6) is 0.516. The number of carbonyl (C=O) groups excluding carboxylic acids is 1. The van der Waals surface area contributed by atoms with E-state index in [1.807, 2.05) is 0 Å². The van der Waals surface area contributed by atoms with Gasteiger partial charge in [0.05, 0.1) is 32.7 Å². The lowest BCUT2D eigenvalue weighted by Gasteiger charge is -2.14. The highest BCUT2D eigenvalue weighted by Crippen LogP contribution is 2.39. The number of nitrogens with zero attached hydrogens (tertiary/aromatic N) is 2. The van der Waals surface area contributed by atoms with Crippen LogP contribution in [0.15, 0.2) is 42.5 Å². The Morgan fingerprint density at radius 1 is 1.10 bits per heavy atom. The van der Waals surface area contributed by atoms with E-state index in [9.17, 15) is 9.18 Å². The Morgan fingerprint density at radius 3 is 2.26 bits per heavy atom. The molecule has 0 aliphatic carbocycles. The number of halogens is 2. The zero-order valence-electron chi connectivity index (χ0n) is 17.4. The Bertz CT molecular complexity index is 1100. The molecule has 0 radical (unpaired) electrons. The van der Waals surface area contributed by atoms with Gasteiger partial charge < -0.3 is 19.5 Å². The molecule has 0 saturated carbocycles. The second-order valence-corrected chi connectivity index (χ2v) is 6.77. The van der Waals surface area contributed by atoms with Gasteiger partial charge in [-0.1, -0.05) is 11.6 Å². The fourth-order valence-electron chi connectivity index (χ4n) is 2.95. The van der Waals surface area contributed by atoms with Crippen molar-refractivity contribution in [3.8, 4) is 22.9 Å². The van der Waals surface area contributed by atoms with Crippen LogP contribution in [-0.2, 0) is 4.79 Å². The average molecular weight is 446 g/mol. The van der Waals surface area contributed by atoms with Crippen LogP contribution in [0.5, 0.6) is 17.2 Å². The van der Waals surface area contributed by atoms with E-state index in [1.54, 1.807) is 37.3 Å². The van der Waals surface area contributed by atoms with Crippen molar-refractivity contribution in [3.63, 3.8) is 0 Å². The first-order valence-electron chi connectivity index (χ1n) is 9.18. The zero-order chi connectivity index (χ0) is 22.5. The number of benzene rings is 2. The standard InChI is InChI=1S/C22H21ClFN3O4/c1-13-17(22(23)27(26-13)16-7-5-14(24)6-8-16)9-10-20(28)25-15-11-18(29-2)21(31-4)19(12-15)30-3/h5-12H,1-4H3,(H,25,28)/b10-9+. The number of methoxy groups -OCH3 is 3. The van der Waals surface area contributed by atoms with Crippen molar-refractivity contribution in [1.82, 2.24) is 9.78 Å². The Labute approximate surface area is 184 Å². The van der Waals surface area contributed by atoms with Gasteiger partial charge in [-0.2, -0.15) is 5.10 Å². The number of aryl methyl sites for hydroxylation is 1. The molecule has 0 spiro atoms. The van der Waals surface area contributed by atoms with E-state index in [0.717, 1.165) is 0 Å². The smallest absolute Gasteiger partial charge is 0.248 e. The maximum atomic E-state index is 13.2. The fourth-order valence-corrected chi connectivity index (χ4v) is 3.29. The molecule has 0 aliphatic heterocycles. The number of carbonyl (C=O) groups is 1. The summed E-state index contributed by atoms with van der Waals surface area (Å²) in [7, 11) is 4.48. The van der Waals surface area contributed by atoms with Crippen LogP contribution in [0.1, 0.15) is 11.3 Å². The topological polar surface area (TPSA) is 74.6 Å². The van der Waals surface area contributed by atoms with Crippen molar-refractivity contribution in [1.29, 1.82) is 0 Å². The van der Waals surface area contributed by atoms with Crippen LogP contribution >= 0.6 is 11.6 Å². The number of ether oxygens (including phenoxy) is 3. The Kier molecular flexibility index (Phi) is 6.81. The monoisotopic (exact) mass is 445 g/mol. The average Bonchev–Trinajstić information content (AvgIpc) is 3.05. The summed E-state index contributed by atoms with van der Waals surface area (Å²) in [6.07, 6.45) is 2.91. The fraction of sp³-hybridized carbons (Fsp3) is 0.182. The lowest BCUT2D eigenvalue weighted by atomic mass is 10.2. The van der Waals surface area contributed by atoms with Crippen molar-refractivity contribution in [2.24, 2.45) is 0 Å². The first-order chi connectivity index (χ1) is 14.9. The second kappa shape index (κ2) is 9.53. The maximum Gasteiger partial charge on any atom is 0.248 e. The van der Waals surface area contributed by atoms with Crippen LogP contribution in [0.3, 0.4) is 0 Å². The third kappa shape index (κ3) is 4.80. The molecule has 0 fully saturated rings. The third-order valence-corrected chi connectivity index (χ3v) is 4.82. The minimum absolute atomic E-state index is 0.306. The van der Waals surface area contributed by atoms with Crippen LogP contribution in [0.25, 0.3) is 11.8 Å². The number of rotatable bonds is 7. The van der Waals surface area contributed by atoms with E-state index in [1.165, 1.54) is 44.2 Å². The van der Waals surface area contributed by atoms with Crippen molar-refractivity contribution < 1.29 is 23.4 Å².